The molecule has 1 aromatic heterocycles. The van der Waals surface area contributed by atoms with Crippen LogP contribution < -0.4 is 4.74 Å². The van der Waals surface area contributed by atoms with Crippen LogP contribution in [0, 0.1) is 6.92 Å². The highest BCUT2D eigenvalue weighted by Crippen LogP contribution is 2.32. The highest BCUT2D eigenvalue weighted by atomic mass is 35.5. The van der Waals surface area contributed by atoms with Crippen molar-refractivity contribution >= 4 is 21.6 Å². The molecule has 0 radical (unpaired) electrons. The highest BCUT2D eigenvalue weighted by molar-refractivity contribution is 7.89. The number of rotatable bonds is 8. The van der Waals surface area contributed by atoms with Gasteiger partial charge in [-0.2, -0.15) is 9.29 Å². The maximum atomic E-state index is 13.5. The number of benzene rings is 2. The van der Waals surface area contributed by atoms with Gasteiger partial charge in [-0.15, -0.1) is 0 Å². The first kappa shape index (κ1) is 22.3. The highest BCUT2D eigenvalue weighted by Gasteiger charge is 2.33. The topological polar surface area (TPSA) is 85.5 Å². The first-order valence-electron chi connectivity index (χ1n) is 9.51. The average molecular weight is 450 g/mol. The zero-order valence-corrected chi connectivity index (χ0v) is 18.9. The summed E-state index contributed by atoms with van der Waals surface area (Å²) >= 11 is 6.06. The largest absolute Gasteiger partial charge is 0.495 e. The van der Waals surface area contributed by atoms with Crippen LogP contribution in [0.3, 0.4) is 0 Å². The van der Waals surface area contributed by atoms with Crippen LogP contribution in [0.15, 0.2) is 51.9 Å². The molecule has 30 heavy (non-hydrogen) atoms. The fourth-order valence-corrected chi connectivity index (χ4v) is 5.09. The molecule has 0 unspecified atom stereocenters. The molecule has 0 N–H and O–H groups in total. The van der Waals surface area contributed by atoms with Crippen molar-refractivity contribution in [2.24, 2.45) is 0 Å². The number of hydrogen-bond donors (Lipinski definition) is 0. The van der Waals surface area contributed by atoms with E-state index in [1.807, 2.05) is 45.0 Å². The average Bonchev–Trinajstić information content (AvgIpc) is 3.20. The van der Waals surface area contributed by atoms with Gasteiger partial charge in [-0.3, -0.25) is 0 Å². The van der Waals surface area contributed by atoms with Crippen LogP contribution in [0.1, 0.15) is 31.7 Å². The molecule has 2 aromatic carbocycles. The van der Waals surface area contributed by atoms with Crippen LogP contribution in [-0.4, -0.2) is 36.0 Å². The number of ether oxygens (including phenoxy) is 1. The van der Waals surface area contributed by atoms with Crippen molar-refractivity contribution in [1.82, 2.24) is 14.4 Å². The van der Waals surface area contributed by atoms with E-state index in [1.165, 1.54) is 23.5 Å². The molecular weight excluding hydrogens is 426 g/mol. The summed E-state index contributed by atoms with van der Waals surface area (Å²) in [6.45, 7) is 5.65. The lowest BCUT2D eigenvalue weighted by atomic mass is 10.1. The monoisotopic (exact) mass is 449 g/mol. The van der Waals surface area contributed by atoms with E-state index in [1.54, 1.807) is 6.07 Å². The van der Waals surface area contributed by atoms with Gasteiger partial charge in [0.25, 0.3) is 0 Å². The minimum Gasteiger partial charge on any atom is -0.495 e. The molecule has 160 valence electrons. The molecule has 1 atom stereocenters. The summed E-state index contributed by atoms with van der Waals surface area (Å²) in [6, 6.07) is 11.9. The van der Waals surface area contributed by atoms with E-state index in [0.717, 1.165) is 11.1 Å². The van der Waals surface area contributed by atoms with E-state index in [0.29, 0.717) is 17.3 Å². The Morgan fingerprint density at radius 3 is 2.67 bits per heavy atom. The summed E-state index contributed by atoms with van der Waals surface area (Å²) < 4.78 is 38.9. The number of aromatic nitrogens is 2. The van der Waals surface area contributed by atoms with E-state index in [2.05, 4.69) is 10.1 Å². The molecule has 3 aromatic rings. The fourth-order valence-electron chi connectivity index (χ4n) is 3.01. The Bertz CT molecular complexity index is 1130. The van der Waals surface area contributed by atoms with Gasteiger partial charge < -0.3 is 9.26 Å². The molecule has 0 saturated heterocycles. The SMILES string of the molecule is CC[C@@H](C)N(Cc1nc(-c2cccc(C)c2)no1)S(=O)(=O)c1cc(Cl)ccc1OC. The van der Waals surface area contributed by atoms with Crippen molar-refractivity contribution in [3.63, 3.8) is 0 Å². The normalized spacial score (nSPS) is 12.9. The second kappa shape index (κ2) is 9.16. The molecule has 0 bridgehead atoms. The predicted molar refractivity (Wildman–Crippen MR) is 115 cm³/mol. The zero-order chi connectivity index (χ0) is 21.9. The lowest BCUT2D eigenvalue weighted by molar-refractivity contribution is 0.271. The number of sulfonamides is 1. The minimum atomic E-state index is -3.94. The quantitative estimate of drug-likeness (QED) is 0.495. The Morgan fingerprint density at radius 2 is 2.00 bits per heavy atom. The lowest BCUT2D eigenvalue weighted by Gasteiger charge is -2.27. The third-order valence-corrected chi connectivity index (χ3v) is 7.05. The third-order valence-electron chi connectivity index (χ3n) is 4.83. The van der Waals surface area contributed by atoms with Crippen LogP contribution in [0.2, 0.25) is 5.02 Å². The molecule has 7 nitrogen and oxygen atoms in total. The number of halogens is 1. The second-order valence-corrected chi connectivity index (χ2v) is 9.28. The molecule has 3 rings (SSSR count). The van der Waals surface area contributed by atoms with Crippen molar-refractivity contribution in [2.75, 3.05) is 7.11 Å². The molecular formula is C21H24ClN3O4S. The van der Waals surface area contributed by atoms with Crippen molar-refractivity contribution in [1.29, 1.82) is 0 Å². The van der Waals surface area contributed by atoms with Crippen LogP contribution in [-0.2, 0) is 16.6 Å². The Hall–Kier alpha value is -2.42. The molecule has 0 saturated carbocycles. The number of aryl methyl sites for hydroxylation is 1. The van der Waals surface area contributed by atoms with Crippen LogP contribution in [0.25, 0.3) is 11.4 Å². The van der Waals surface area contributed by atoms with Gasteiger partial charge in [0, 0.05) is 16.6 Å². The molecule has 0 amide bonds. The van der Waals surface area contributed by atoms with E-state index < -0.39 is 10.0 Å². The summed E-state index contributed by atoms with van der Waals surface area (Å²) in [6.07, 6.45) is 0.598. The van der Waals surface area contributed by atoms with Gasteiger partial charge in [-0.1, -0.05) is 47.4 Å². The summed E-state index contributed by atoms with van der Waals surface area (Å²) in [5.74, 6) is 0.839. The number of methoxy groups -OCH3 is 1. The molecule has 0 aliphatic carbocycles. The van der Waals surface area contributed by atoms with Gasteiger partial charge in [-0.25, -0.2) is 8.42 Å². The van der Waals surface area contributed by atoms with Gasteiger partial charge >= 0.3 is 0 Å². The number of nitrogens with zero attached hydrogens (tertiary/aromatic N) is 3. The zero-order valence-electron chi connectivity index (χ0n) is 17.3. The maximum absolute atomic E-state index is 13.5. The second-order valence-electron chi connectivity index (χ2n) is 6.98. The maximum Gasteiger partial charge on any atom is 0.247 e. The van der Waals surface area contributed by atoms with Crippen LogP contribution >= 0.6 is 11.6 Å². The van der Waals surface area contributed by atoms with Crippen molar-refractivity contribution in [2.45, 2.75) is 44.7 Å². The van der Waals surface area contributed by atoms with Gasteiger partial charge in [-0.05, 0) is 44.5 Å². The predicted octanol–water partition coefficient (Wildman–Crippen LogP) is 4.70. The van der Waals surface area contributed by atoms with Gasteiger partial charge in [0.15, 0.2) is 0 Å². The Kier molecular flexibility index (Phi) is 6.80. The minimum absolute atomic E-state index is 0.00350. The first-order valence-corrected chi connectivity index (χ1v) is 11.3. The molecule has 9 heteroatoms. The van der Waals surface area contributed by atoms with Crippen LogP contribution in [0.4, 0.5) is 0 Å². The molecule has 0 spiro atoms. The van der Waals surface area contributed by atoms with Crippen molar-refractivity contribution in [3.8, 4) is 17.1 Å². The van der Waals surface area contributed by atoms with Gasteiger partial charge in [0.2, 0.25) is 21.7 Å². The lowest BCUT2D eigenvalue weighted by Crippen LogP contribution is -2.38. The van der Waals surface area contributed by atoms with Crippen molar-refractivity contribution in [3.05, 3.63) is 58.9 Å². The Morgan fingerprint density at radius 1 is 1.23 bits per heavy atom. The fraction of sp³-hybridized carbons (Fsp3) is 0.333. The smallest absolute Gasteiger partial charge is 0.247 e. The first-order chi connectivity index (χ1) is 14.3. The summed E-state index contributed by atoms with van der Waals surface area (Å²) in [4.78, 5) is 4.40. The molecule has 0 aliphatic rings. The summed E-state index contributed by atoms with van der Waals surface area (Å²) in [5, 5.41) is 4.32. The van der Waals surface area contributed by atoms with Gasteiger partial charge in [0.1, 0.15) is 10.6 Å². The number of hydrogen-bond acceptors (Lipinski definition) is 6. The van der Waals surface area contributed by atoms with Crippen LogP contribution in [0.5, 0.6) is 5.75 Å². The standard InChI is InChI=1S/C21H24ClN3O4S/c1-5-15(3)25(30(26,27)19-12-17(22)9-10-18(19)28-4)13-20-23-21(24-29-20)16-8-6-7-14(2)11-16/h6-12,15H,5,13H2,1-4H3/t15-/m1/s1. The Balaban J connectivity index is 1.97. The Labute approximate surface area is 181 Å². The van der Waals surface area contributed by atoms with E-state index in [-0.39, 0.29) is 29.1 Å². The molecule has 0 aliphatic heterocycles. The summed E-state index contributed by atoms with van der Waals surface area (Å²) in [5.41, 5.74) is 1.87. The summed E-state index contributed by atoms with van der Waals surface area (Å²) in [7, 11) is -2.52. The molecule has 1 heterocycles. The van der Waals surface area contributed by atoms with E-state index in [4.69, 9.17) is 20.9 Å². The van der Waals surface area contributed by atoms with Gasteiger partial charge in [0.05, 0.1) is 13.7 Å². The third kappa shape index (κ3) is 4.66. The van der Waals surface area contributed by atoms with E-state index >= 15 is 0 Å². The van der Waals surface area contributed by atoms with Crippen molar-refractivity contribution < 1.29 is 17.7 Å². The van der Waals surface area contributed by atoms with E-state index in [9.17, 15) is 8.42 Å². The molecule has 0 fully saturated rings.